The van der Waals surface area contributed by atoms with E-state index in [9.17, 15) is 4.79 Å². The van der Waals surface area contributed by atoms with Crippen molar-refractivity contribution in [2.24, 2.45) is 7.05 Å². The van der Waals surface area contributed by atoms with Crippen molar-refractivity contribution < 1.29 is 4.74 Å². The molecule has 0 unspecified atom stereocenters. The molecule has 2 rings (SSSR count). The molecule has 3 heteroatoms. The average Bonchev–Trinajstić information content (AvgIpc) is 2.23. The summed E-state index contributed by atoms with van der Waals surface area (Å²) in [7, 11) is 3.38. The van der Waals surface area contributed by atoms with Gasteiger partial charge >= 0.3 is 0 Å². The molecule has 0 aliphatic rings. The van der Waals surface area contributed by atoms with Crippen molar-refractivity contribution in [3.8, 4) is 5.75 Å². The number of aryl methyl sites for hydroxylation is 1. The molecule has 1 aromatic carbocycles. The molecule has 0 aliphatic heterocycles. The minimum absolute atomic E-state index is 0.00856. The lowest BCUT2D eigenvalue weighted by molar-refractivity contribution is 0.419. The molecule has 3 nitrogen and oxygen atoms in total. The van der Waals surface area contributed by atoms with Crippen LogP contribution in [0.2, 0.25) is 0 Å². The Balaban J connectivity index is 2.93. The Morgan fingerprint density at radius 2 is 2.00 bits per heavy atom. The van der Waals surface area contributed by atoms with Gasteiger partial charge in [-0.15, -0.1) is 0 Å². The van der Waals surface area contributed by atoms with Gasteiger partial charge in [0.05, 0.1) is 12.6 Å². The van der Waals surface area contributed by atoms with Crippen LogP contribution in [-0.4, -0.2) is 11.7 Å². The summed E-state index contributed by atoms with van der Waals surface area (Å²) in [5.74, 6) is 0.790. The number of benzene rings is 1. The summed E-state index contributed by atoms with van der Waals surface area (Å²) >= 11 is 0. The maximum absolute atomic E-state index is 11.4. The fourth-order valence-electron chi connectivity index (χ4n) is 1.56. The first-order chi connectivity index (χ1) is 6.74. The molecule has 1 heterocycles. The van der Waals surface area contributed by atoms with Gasteiger partial charge in [0.25, 0.3) is 5.56 Å². The molecule has 0 radical (unpaired) electrons. The van der Waals surface area contributed by atoms with Crippen molar-refractivity contribution in [2.75, 3.05) is 7.11 Å². The third-order valence-corrected chi connectivity index (χ3v) is 2.35. The van der Waals surface area contributed by atoms with Crippen molar-refractivity contribution >= 4 is 10.9 Å². The molecule has 2 aromatic rings. The van der Waals surface area contributed by atoms with Gasteiger partial charge in [0.15, 0.2) is 0 Å². The van der Waals surface area contributed by atoms with Gasteiger partial charge in [-0.05, 0) is 18.2 Å². The van der Waals surface area contributed by atoms with Crippen LogP contribution in [-0.2, 0) is 7.05 Å². The van der Waals surface area contributed by atoms with E-state index in [0.717, 1.165) is 16.7 Å². The largest absolute Gasteiger partial charge is 0.496 e. The van der Waals surface area contributed by atoms with Crippen LogP contribution in [0.3, 0.4) is 0 Å². The topological polar surface area (TPSA) is 31.2 Å². The van der Waals surface area contributed by atoms with E-state index in [4.69, 9.17) is 4.74 Å². The van der Waals surface area contributed by atoms with E-state index in [0.29, 0.717) is 0 Å². The van der Waals surface area contributed by atoms with E-state index in [-0.39, 0.29) is 5.56 Å². The number of hydrogen-bond donors (Lipinski definition) is 0. The van der Waals surface area contributed by atoms with Crippen LogP contribution in [0.5, 0.6) is 5.75 Å². The Labute approximate surface area is 81.5 Å². The van der Waals surface area contributed by atoms with Crippen LogP contribution in [0.4, 0.5) is 0 Å². The van der Waals surface area contributed by atoms with Gasteiger partial charge in [-0.3, -0.25) is 4.79 Å². The van der Waals surface area contributed by atoms with Gasteiger partial charge < -0.3 is 9.30 Å². The van der Waals surface area contributed by atoms with Gasteiger partial charge in [0.1, 0.15) is 5.75 Å². The molecule has 14 heavy (non-hydrogen) atoms. The molecule has 0 atom stereocenters. The first-order valence-electron chi connectivity index (χ1n) is 4.37. The van der Waals surface area contributed by atoms with E-state index < -0.39 is 0 Å². The zero-order valence-corrected chi connectivity index (χ0v) is 8.15. The van der Waals surface area contributed by atoms with Crippen LogP contribution >= 0.6 is 0 Å². The minimum Gasteiger partial charge on any atom is -0.496 e. The first-order valence-corrected chi connectivity index (χ1v) is 4.37. The van der Waals surface area contributed by atoms with E-state index in [1.165, 1.54) is 0 Å². The number of nitrogens with zero attached hydrogens (tertiary/aromatic N) is 1. The predicted molar refractivity (Wildman–Crippen MR) is 55.7 cm³/mol. The second-order valence-corrected chi connectivity index (χ2v) is 3.12. The highest BCUT2D eigenvalue weighted by Crippen LogP contribution is 2.22. The summed E-state index contributed by atoms with van der Waals surface area (Å²) < 4.78 is 6.82. The van der Waals surface area contributed by atoms with Crippen LogP contribution < -0.4 is 10.3 Å². The van der Waals surface area contributed by atoms with Gasteiger partial charge in [0.2, 0.25) is 0 Å². The molecule has 0 spiro atoms. The van der Waals surface area contributed by atoms with Gasteiger partial charge in [-0.1, -0.05) is 6.07 Å². The van der Waals surface area contributed by atoms with Gasteiger partial charge in [0, 0.05) is 18.5 Å². The number of rotatable bonds is 1. The number of hydrogen-bond acceptors (Lipinski definition) is 2. The molecule has 1 aromatic heterocycles. The van der Waals surface area contributed by atoms with Crippen molar-refractivity contribution in [1.82, 2.24) is 4.57 Å². The molecule has 0 saturated heterocycles. The van der Waals surface area contributed by atoms with Crippen LogP contribution in [0, 0.1) is 0 Å². The summed E-state index contributed by atoms with van der Waals surface area (Å²) in [6.07, 6.45) is 0. The second-order valence-electron chi connectivity index (χ2n) is 3.12. The minimum atomic E-state index is -0.00856. The Kier molecular flexibility index (Phi) is 2.00. The highest BCUT2D eigenvalue weighted by molar-refractivity contribution is 5.85. The Morgan fingerprint density at radius 1 is 1.21 bits per heavy atom. The third kappa shape index (κ3) is 1.18. The van der Waals surface area contributed by atoms with E-state index in [2.05, 4.69) is 0 Å². The molecule has 0 fully saturated rings. The number of fused-ring (bicyclic) bond motifs is 1. The maximum atomic E-state index is 11.4. The smallest absolute Gasteiger partial charge is 0.250 e. The Bertz CT molecular complexity index is 528. The van der Waals surface area contributed by atoms with Crippen LogP contribution in [0.1, 0.15) is 0 Å². The SMILES string of the molecule is COc1cccc2c1ccc(=O)n2C. The van der Waals surface area contributed by atoms with E-state index in [1.807, 2.05) is 18.2 Å². The maximum Gasteiger partial charge on any atom is 0.250 e. The number of pyridine rings is 1. The zero-order chi connectivity index (χ0) is 10.1. The fraction of sp³-hybridized carbons (Fsp3) is 0.182. The van der Waals surface area contributed by atoms with Crippen molar-refractivity contribution in [3.63, 3.8) is 0 Å². The quantitative estimate of drug-likeness (QED) is 0.681. The third-order valence-electron chi connectivity index (χ3n) is 2.35. The number of ether oxygens (including phenoxy) is 1. The summed E-state index contributed by atoms with van der Waals surface area (Å²) in [6, 6.07) is 8.99. The molecular weight excluding hydrogens is 178 g/mol. The molecule has 72 valence electrons. The Morgan fingerprint density at radius 3 is 2.71 bits per heavy atom. The zero-order valence-electron chi connectivity index (χ0n) is 8.15. The van der Waals surface area contributed by atoms with Gasteiger partial charge in [-0.2, -0.15) is 0 Å². The lowest BCUT2D eigenvalue weighted by Crippen LogP contribution is -2.15. The van der Waals surface area contributed by atoms with Gasteiger partial charge in [-0.25, -0.2) is 0 Å². The molecule has 0 aliphatic carbocycles. The monoisotopic (exact) mass is 189 g/mol. The molecule has 0 bridgehead atoms. The van der Waals surface area contributed by atoms with Crippen LogP contribution in [0.25, 0.3) is 10.9 Å². The fourth-order valence-corrected chi connectivity index (χ4v) is 1.56. The van der Waals surface area contributed by atoms with Crippen LogP contribution in [0.15, 0.2) is 35.1 Å². The second kappa shape index (κ2) is 3.18. The summed E-state index contributed by atoms with van der Waals surface area (Å²) in [6.45, 7) is 0. The van der Waals surface area contributed by atoms with Crippen molar-refractivity contribution in [3.05, 3.63) is 40.7 Å². The van der Waals surface area contributed by atoms with Crippen molar-refractivity contribution in [1.29, 1.82) is 0 Å². The summed E-state index contributed by atoms with van der Waals surface area (Å²) in [5.41, 5.74) is 0.877. The summed E-state index contributed by atoms with van der Waals surface area (Å²) in [5, 5.41) is 0.956. The standard InChI is InChI=1S/C11H11NO2/c1-12-9-4-3-5-10(14-2)8(9)6-7-11(12)13/h3-7H,1-2H3. The number of aromatic nitrogens is 1. The Hall–Kier alpha value is -1.77. The van der Waals surface area contributed by atoms with E-state index in [1.54, 1.807) is 30.9 Å². The predicted octanol–water partition coefficient (Wildman–Crippen LogP) is 1.55. The molecule has 0 N–H and O–H groups in total. The van der Waals surface area contributed by atoms with Crippen molar-refractivity contribution in [2.45, 2.75) is 0 Å². The molecule has 0 amide bonds. The molecule has 0 saturated carbocycles. The highest BCUT2D eigenvalue weighted by Gasteiger charge is 2.03. The lowest BCUT2D eigenvalue weighted by atomic mass is 10.2. The summed E-state index contributed by atoms with van der Waals surface area (Å²) in [4.78, 5) is 11.4. The molecular formula is C11H11NO2. The highest BCUT2D eigenvalue weighted by atomic mass is 16.5. The first kappa shape index (κ1) is 8.81. The number of methoxy groups -OCH3 is 1. The lowest BCUT2D eigenvalue weighted by Gasteiger charge is -2.07. The van der Waals surface area contributed by atoms with E-state index >= 15 is 0 Å². The average molecular weight is 189 g/mol. The normalized spacial score (nSPS) is 10.4.